The van der Waals surface area contributed by atoms with Crippen molar-refractivity contribution in [2.45, 2.75) is 58.9 Å². The van der Waals surface area contributed by atoms with Crippen LogP contribution in [-0.4, -0.2) is 43.7 Å². The second-order valence-corrected chi connectivity index (χ2v) is 9.68. The molecule has 0 aromatic rings. The van der Waals surface area contributed by atoms with Crippen molar-refractivity contribution in [3.8, 4) is 0 Å². The molecule has 0 radical (unpaired) electrons. The van der Waals surface area contributed by atoms with E-state index in [4.69, 9.17) is 0 Å². The zero-order chi connectivity index (χ0) is 15.4. The molecule has 0 bridgehead atoms. The predicted molar refractivity (Wildman–Crippen MR) is 83.6 cm³/mol. The lowest BCUT2D eigenvalue weighted by atomic mass is 9.64. The Hall–Kier alpha value is -0.130. The van der Waals surface area contributed by atoms with E-state index in [0.29, 0.717) is 18.9 Å². The first-order valence-corrected chi connectivity index (χ1v) is 9.52. The number of aliphatic hydroxyl groups excluding tert-OH is 1. The summed E-state index contributed by atoms with van der Waals surface area (Å²) in [5.74, 6) is 0.964. The molecule has 1 fully saturated rings. The third-order valence-corrected chi connectivity index (χ3v) is 6.04. The summed E-state index contributed by atoms with van der Waals surface area (Å²) in [6.07, 6.45) is 3.64. The summed E-state index contributed by atoms with van der Waals surface area (Å²) in [5, 5.41) is 13.2. The molecule has 0 amide bonds. The van der Waals surface area contributed by atoms with Gasteiger partial charge in [-0.15, -0.1) is 0 Å². The minimum absolute atomic E-state index is 0.0780. The van der Waals surface area contributed by atoms with Crippen molar-refractivity contribution in [2.75, 3.05) is 24.7 Å². The van der Waals surface area contributed by atoms with Crippen LogP contribution in [0.15, 0.2) is 0 Å². The molecule has 0 aliphatic heterocycles. The maximum atomic E-state index is 11.8. The highest BCUT2D eigenvalue weighted by Gasteiger charge is 2.42. The zero-order valence-electron chi connectivity index (χ0n) is 13.4. The molecule has 1 saturated carbocycles. The van der Waals surface area contributed by atoms with Crippen LogP contribution >= 0.6 is 0 Å². The summed E-state index contributed by atoms with van der Waals surface area (Å²) in [7, 11) is -2.95. The van der Waals surface area contributed by atoms with E-state index in [9.17, 15) is 13.5 Å². The lowest BCUT2D eigenvalue weighted by molar-refractivity contribution is 0.0378. The second kappa shape index (κ2) is 6.75. The summed E-state index contributed by atoms with van der Waals surface area (Å²) < 4.78 is 23.5. The lowest BCUT2D eigenvalue weighted by Gasteiger charge is -2.47. The Balaban J connectivity index is 2.62. The Morgan fingerprint density at radius 3 is 2.40 bits per heavy atom. The van der Waals surface area contributed by atoms with Crippen molar-refractivity contribution in [2.24, 2.45) is 11.3 Å². The Morgan fingerprint density at radius 1 is 1.25 bits per heavy atom. The standard InChI is InChI=1S/C15H31NO3S/c1-5-7-20(18,19)8-6-16-15(12-17)10-13(2)9-14(3,4)11-15/h13,16-17H,5-12H2,1-4H3. The molecule has 0 spiro atoms. The van der Waals surface area contributed by atoms with Gasteiger partial charge in [0.15, 0.2) is 9.84 Å². The summed E-state index contributed by atoms with van der Waals surface area (Å²) in [6.45, 7) is 9.05. The van der Waals surface area contributed by atoms with Gasteiger partial charge in [-0.05, 0) is 37.0 Å². The molecule has 5 heteroatoms. The van der Waals surface area contributed by atoms with Crippen LogP contribution in [0.2, 0.25) is 0 Å². The first-order valence-electron chi connectivity index (χ1n) is 7.70. The molecule has 2 atom stereocenters. The fourth-order valence-corrected chi connectivity index (χ4v) is 5.18. The van der Waals surface area contributed by atoms with Gasteiger partial charge in [-0.3, -0.25) is 0 Å². The topological polar surface area (TPSA) is 66.4 Å². The van der Waals surface area contributed by atoms with Gasteiger partial charge in [0.1, 0.15) is 0 Å². The molecule has 0 heterocycles. The molecule has 1 aliphatic rings. The van der Waals surface area contributed by atoms with Crippen molar-refractivity contribution in [3.05, 3.63) is 0 Å². The molecular weight excluding hydrogens is 274 g/mol. The van der Waals surface area contributed by atoms with Crippen molar-refractivity contribution < 1.29 is 13.5 Å². The van der Waals surface area contributed by atoms with Crippen LogP contribution in [0.4, 0.5) is 0 Å². The average Bonchev–Trinajstić information content (AvgIpc) is 2.25. The molecular formula is C15H31NO3S. The van der Waals surface area contributed by atoms with Crippen LogP contribution in [-0.2, 0) is 9.84 Å². The molecule has 0 saturated heterocycles. The van der Waals surface area contributed by atoms with Gasteiger partial charge in [-0.1, -0.05) is 27.7 Å². The molecule has 4 nitrogen and oxygen atoms in total. The fraction of sp³-hybridized carbons (Fsp3) is 1.00. The Kier molecular flexibility index (Phi) is 6.05. The second-order valence-electron chi connectivity index (χ2n) is 7.37. The van der Waals surface area contributed by atoms with E-state index in [0.717, 1.165) is 19.3 Å². The maximum Gasteiger partial charge on any atom is 0.151 e. The van der Waals surface area contributed by atoms with E-state index in [1.807, 2.05) is 6.92 Å². The van der Waals surface area contributed by atoms with Crippen molar-refractivity contribution in [1.82, 2.24) is 5.32 Å². The van der Waals surface area contributed by atoms with Gasteiger partial charge in [0.05, 0.1) is 12.4 Å². The smallest absolute Gasteiger partial charge is 0.151 e. The lowest BCUT2D eigenvalue weighted by Crippen LogP contribution is -2.56. The van der Waals surface area contributed by atoms with E-state index in [2.05, 4.69) is 26.1 Å². The van der Waals surface area contributed by atoms with Gasteiger partial charge in [-0.2, -0.15) is 0 Å². The van der Waals surface area contributed by atoms with E-state index in [-0.39, 0.29) is 29.1 Å². The van der Waals surface area contributed by atoms with Crippen LogP contribution < -0.4 is 5.32 Å². The van der Waals surface area contributed by atoms with Gasteiger partial charge in [0.25, 0.3) is 0 Å². The first kappa shape index (κ1) is 17.9. The Morgan fingerprint density at radius 2 is 1.90 bits per heavy atom. The Bertz CT molecular complexity index is 405. The van der Waals surface area contributed by atoms with Crippen molar-refractivity contribution >= 4 is 9.84 Å². The highest BCUT2D eigenvalue weighted by Crippen LogP contribution is 2.43. The van der Waals surface area contributed by atoms with Crippen LogP contribution in [0.25, 0.3) is 0 Å². The minimum Gasteiger partial charge on any atom is -0.394 e. The fourth-order valence-electron chi connectivity index (χ4n) is 3.94. The summed E-state index contributed by atoms with van der Waals surface area (Å²) in [6, 6.07) is 0. The van der Waals surface area contributed by atoms with Crippen molar-refractivity contribution in [1.29, 1.82) is 0 Å². The monoisotopic (exact) mass is 305 g/mol. The molecule has 1 aliphatic carbocycles. The minimum atomic E-state index is -2.95. The van der Waals surface area contributed by atoms with Gasteiger partial charge in [0.2, 0.25) is 0 Å². The van der Waals surface area contributed by atoms with Gasteiger partial charge < -0.3 is 10.4 Å². The number of nitrogens with one attached hydrogen (secondary N) is 1. The van der Waals surface area contributed by atoms with E-state index in [1.165, 1.54) is 0 Å². The van der Waals surface area contributed by atoms with Crippen LogP contribution in [0, 0.1) is 11.3 Å². The number of sulfone groups is 1. The van der Waals surface area contributed by atoms with Gasteiger partial charge in [0, 0.05) is 17.8 Å². The zero-order valence-corrected chi connectivity index (χ0v) is 14.2. The van der Waals surface area contributed by atoms with E-state index < -0.39 is 9.84 Å². The molecule has 0 aromatic carbocycles. The summed E-state index contributed by atoms with van der Waals surface area (Å²) in [5.41, 5.74) is -0.126. The number of aliphatic hydroxyl groups is 1. The van der Waals surface area contributed by atoms with Crippen molar-refractivity contribution in [3.63, 3.8) is 0 Å². The molecule has 120 valence electrons. The molecule has 20 heavy (non-hydrogen) atoms. The average molecular weight is 305 g/mol. The highest BCUT2D eigenvalue weighted by molar-refractivity contribution is 7.91. The molecule has 1 rings (SSSR count). The van der Waals surface area contributed by atoms with E-state index >= 15 is 0 Å². The van der Waals surface area contributed by atoms with Crippen LogP contribution in [0.1, 0.15) is 53.4 Å². The Labute approximate surface area is 124 Å². The number of hydrogen-bond acceptors (Lipinski definition) is 4. The SMILES string of the molecule is CCCS(=O)(=O)CCNC1(CO)CC(C)CC(C)(C)C1. The largest absolute Gasteiger partial charge is 0.394 e. The molecule has 2 N–H and O–H groups in total. The quantitative estimate of drug-likeness (QED) is 0.755. The predicted octanol–water partition coefficient (Wildman–Crippen LogP) is 1.98. The number of hydrogen-bond donors (Lipinski definition) is 2. The van der Waals surface area contributed by atoms with Gasteiger partial charge in [-0.25, -0.2) is 8.42 Å². The maximum absolute atomic E-state index is 11.8. The summed E-state index contributed by atoms with van der Waals surface area (Å²) in [4.78, 5) is 0. The normalized spacial score (nSPS) is 30.4. The summed E-state index contributed by atoms with van der Waals surface area (Å²) >= 11 is 0. The highest BCUT2D eigenvalue weighted by atomic mass is 32.2. The molecule has 0 aromatic heterocycles. The third-order valence-electron chi connectivity index (χ3n) is 4.19. The van der Waals surface area contributed by atoms with E-state index in [1.54, 1.807) is 0 Å². The van der Waals surface area contributed by atoms with Crippen LogP contribution in [0.5, 0.6) is 0 Å². The molecule has 2 unspecified atom stereocenters. The number of rotatable bonds is 7. The first-order chi connectivity index (χ1) is 9.14. The van der Waals surface area contributed by atoms with Gasteiger partial charge >= 0.3 is 0 Å². The third kappa shape index (κ3) is 5.34. The van der Waals surface area contributed by atoms with Crippen LogP contribution in [0.3, 0.4) is 0 Å².